The lowest BCUT2D eigenvalue weighted by Gasteiger charge is -2.29. The van der Waals surface area contributed by atoms with Crippen molar-refractivity contribution in [2.24, 2.45) is 5.92 Å². The minimum absolute atomic E-state index is 0.905. The summed E-state index contributed by atoms with van der Waals surface area (Å²) in [6.07, 6.45) is 6.79. The lowest BCUT2D eigenvalue weighted by Crippen LogP contribution is -2.34. The zero-order chi connectivity index (χ0) is 15.4. The lowest BCUT2D eigenvalue weighted by molar-refractivity contribution is 0.194. The van der Waals surface area contributed by atoms with Crippen LogP contribution in [-0.4, -0.2) is 24.5 Å². The first-order valence-electron chi connectivity index (χ1n) is 8.63. The van der Waals surface area contributed by atoms with Gasteiger partial charge in [0.1, 0.15) is 5.76 Å². The number of hydrogen-bond donors (Lipinski definition) is 0. The normalized spacial score (nSPS) is 17.0. The average Bonchev–Trinajstić information content (AvgIpc) is 3.03. The van der Waals surface area contributed by atoms with Crippen LogP contribution in [0.15, 0.2) is 41.0 Å². The molecule has 0 amide bonds. The molecule has 0 atom stereocenters. The maximum absolute atomic E-state index is 5.76. The standard InChI is InChI=1S/C20H27NO/c1-3-17-4-6-19(7-5-17)20-14-18(15-22-20)10-13-21-11-8-16(2)9-12-21/h4-7,14-16H,3,8-13H2,1-2H3. The molecule has 0 spiro atoms. The van der Waals surface area contributed by atoms with Crippen LogP contribution in [0, 0.1) is 5.92 Å². The molecule has 1 fully saturated rings. The number of benzene rings is 1. The first-order chi connectivity index (χ1) is 10.7. The second kappa shape index (κ2) is 7.15. The molecule has 1 aliphatic heterocycles. The largest absolute Gasteiger partial charge is 0.464 e. The van der Waals surface area contributed by atoms with Crippen LogP contribution in [0.2, 0.25) is 0 Å². The maximum atomic E-state index is 5.76. The summed E-state index contributed by atoms with van der Waals surface area (Å²) in [4.78, 5) is 2.59. The van der Waals surface area contributed by atoms with E-state index in [1.807, 2.05) is 6.26 Å². The highest BCUT2D eigenvalue weighted by Crippen LogP contribution is 2.23. The van der Waals surface area contributed by atoms with Crippen molar-refractivity contribution in [1.29, 1.82) is 0 Å². The fourth-order valence-corrected chi connectivity index (χ4v) is 3.14. The van der Waals surface area contributed by atoms with E-state index in [0.29, 0.717) is 0 Å². The van der Waals surface area contributed by atoms with Gasteiger partial charge in [0.25, 0.3) is 0 Å². The summed E-state index contributed by atoms with van der Waals surface area (Å²) in [6.45, 7) is 8.21. The van der Waals surface area contributed by atoms with E-state index >= 15 is 0 Å². The van der Waals surface area contributed by atoms with E-state index in [9.17, 15) is 0 Å². The Morgan fingerprint density at radius 3 is 2.50 bits per heavy atom. The molecule has 1 aromatic heterocycles. The predicted molar refractivity (Wildman–Crippen MR) is 92.1 cm³/mol. The van der Waals surface area contributed by atoms with Crippen molar-refractivity contribution < 1.29 is 4.42 Å². The third-order valence-electron chi connectivity index (χ3n) is 4.89. The molecule has 2 heterocycles. The van der Waals surface area contributed by atoms with Crippen molar-refractivity contribution in [3.8, 4) is 11.3 Å². The van der Waals surface area contributed by atoms with Gasteiger partial charge in [-0.25, -0.2) is 0 Å². The topological polar surface area (TPSA) is 16.4 Å². The van der Waals surface area contributed by atoms with Gasteiger partial charge in [-0.1, -0.05) is 38.1 Å². The first-order valence-corrected chi connectivity index (χ1v) is 8.63. The molecule has 2 heteroatoms. The molecule has 1 aliphatic rings. The third kappa shape index (κ3) is 3.80. The Balaban J connectivity index is 1.56. The summed E-state index contributed by atoms with van der Waals surface area (Å²) >= 11 is 0. The number of likely N-dealkylation sites (tertiary alicyclic amines) is 1. The van der Waals surface area contributed by atoms with Gasteiger partial charge in [0, 0.05) is 12.1 Å². The highest BCUT2D eigenvalue weighted by atomic mass is 16.3. The monoisotopic (exact) mass is 297 g/mol. The van der Waals surface area contributed by atoms with Gasteiger partial charge in [-0.2, -0.15) is 0 Å². The second-order valence-electron chi connectivity index (χ2n) is 6.64. The summed E-state index contributed by atoms with van der Waals surface area (Å²) < 4.78 is 5.76. The lowest BCUT2D eigenvalue weighted by atomic mass is 9.99. The Morgan fingerprint density at radius 2 is 1.82 bits per heavy atom. The Kier molecular flexibility index (Phi) is 4.99. The van der Waals surface area contributed by atoms with Crippen molar-refractivity contribution >= 4 is 0 Å². The van der Waals surface area contributed by atoms with E-state index in [1.165, 1.54) is 42.6 Å². The molecule has 0 unspecified atom stereocenters. The van der Waals surface area contributed by atoms with Gasteiger partial charge in [0.05, 0.1) is 6.26 Å². The van der Waals surface area contributed by atoms with Crippen LogP contribution >= 0.6 is 0 Å². The van der Waals surface area contributed by atoms with Gasteiger partial charge in [0.15, 0.2) is 0 Å². The van der Waals surface area contributed by atoms with Gasteiger partial charge in [-0.05, 0) is 61.9 Å². The molecule has 0 saturated carbocycles. The van der Waals surface area contributed by atoms with Gasteiger partial charge in [-0.15, -0.1) is 0 Å². The van der Waals surface area contributed by atoms with E-state index in [1.54, 1.807) is 0 Å². The van der Waals surface area contributed by atoms with Crippen molar-refractivity contribution in [2.45, 2.75) is 39.5 Å². The number of nitrogens with zero attached hydrogens (tertiary/aromatic N) is 1. The van der Waals surface area contributed by atoms with E-state index in [-0.39, 0.29) is 0 Å². The number of hydrogen-bond acceptors (Lipinski definition) is 2. The smallest absolute Gasteiger partial charge is 0.134 e. The van der Waals surface area contributed by atoms with E-state index in [2.05, 4.69) is 49.1 Å². The van der Waals surface area contributed by atoms with Crippen LogP contribution in [0.4, 0.5) is 0 Å². The molecule has 3 rings (SSSR count). The Hall–Kier alpha value is -1.54. The number of furan rings is 1. The van der Waals surface area contributed by atoms with Crippen LogP contribution in [0.5, 0.6) is 0 Å². The molecule has 0 aliphatic carbocycles. The summed E-state index contributed by atoms with van der Waals surface area (Å²) in [7, 11) is 0. The van der Waals surface area contributed by atoms with E-state index in [4.69, 9.17) is 4.42 Å². The van der Waals surface area contributed by atoms with Crippen LogP contribution in [0.1, 0.15) is 37.8 Å². The van der Waals surface area contributed by atoms with Crippen LogP contribution in [-0.2, 0) is 12.8 Å². The minimum atomic E-state index is 0.905. The Bertz CT molecular complexity index is 576. The summed E-state index contributed by atoms with van der Waals surface area (Å²) in [6, 6.07) is 10.9. The third-order valence-corrected chi connectivity index (χ3v) is 4.89. The van der Waals surface area contributed by atoms with E-state index in [0.717, 1.165) is 31.1 Å². The zero-order valence-corrected chi connectivity index (χ0v) is 13.8. The number of piperidine rings is 1. The Morgan fingerprint density at radius 1 is 1.09 bits per heavy atom. The minimum Gasteiger partial charge on any atom is -0.464 e. The van der Waals surface area contributed by atoms with Crippen molar-refractivity contribution in [3.05, 3.63) is 47.7 Å². The molecule has 22 heavy (non-hydrogen) atoms. The molecular weight excluding hydrogens is 270 g/mol. The zero-order valence-electron chi connectivity index (χ0n) is 13.8. The summed E-state index contributed by atoms with van der Waals surface area (Å²) in [5, 5.41) is 0. The van der Waals surface area contributed by atoms with Crippen LogP contribution in [0.3, 0.4) is 0 Å². The quantitative estimate of drug-likeness (QED) is 0.789. The maximum Gasteiger partial charge on any atom is 0.134 e. The van der Waals surface area contributed by atoms with E-state index < -0.39 is 0 Å². The van der Waals surface area contributed by atoms with Crippen LogP contribution < -0.4 is 0 Å². The molecule has 1 aromatic carbocycles. The highest BCUT2D eigenvalue weighted by molar-refractivity contribution is 5.58. The molecule has 1 saturated heterocycles. The van der Waals surface area contributed by atoms with Crippen molar-refractivity contribution in [1.82, 2.24) is 4.90 Å². The van der Waals surface area contributed by atoms with Crippen LogP contribution in [0.25, 0.3) is 11.3 Å². The van der Waals surface area contributed by atoms with Crippen molar-refractivity contribution in [3.63, 3.8) is 0 Å². The number of aryl methyl sites for hydroxylation is 1. The predicted octanol–water partition coefficient (Wildman–Crippen LogP) is 4.78. The van der Waals surface area contributed by atoms with Gasteiger partial charge in [0.2, 0.25) is 0 Å². The fraction of sp³-hybridized carbons (Fsp3) is 0.500. The summed E-state index contributed by atoms with van der Waals surface area (Å²) in [5.41, 5.74) is 3.86. The fourth-order valence-electron chi connectivity index (χ4n) is 3.14. The summed E-state index contributed by atoms with van der Waals surface area (Å²) in [5.74, 6) is 1.90. The molecule has 0 N–H and O–H groups in total. The average molecular weight is 297 g/mol. The van der Waals surface area contributed by atoms with Gasteiger partial charge >= 0.3 is 0 Å². The molecule has 2 aromatic rings. The number of rotatable bonds is 5. The van der Waals surface area contributed by atoms with Crippen molar-refractivity contribution in [2.75, 3.05) is 19.6 Å². The molecule has 0 bridgehead atoms. The molecular formula is C20H27NO. The first kappa shape index (κ1) is 15.4. The molecule has 118 valence electrons. The van der Waals surface area contributed by atoms with Gasteiger partial charge in [-0.3, -0.25) is 0 Å². The Labute approximate surface area is 134 Å². The second-order valence-corrected chi connectivity index (χ2v) is 6.64. The molecule has 0 radical (unpaired) electrons. The molecule has 2 nitrogen and oxygen atoms in total. The SMILES string of the molecule is CCc1ccc(-c2cc(CCN3CCC(C)CC3)co2)cc1. The van der Waals surface area contributed by atoms with Gasteiger partial charge < -0.3 is 9.32 Å². The highest BCUT2D eigenvalue weighted by Gasteiger charge is 2.15.